The number of rotatable bonds is 5. The van der Waals surface area contributed by atoms with E-state index in [9.17, 15) is 14.0 Å². The standard InChI is InChI=1S/C22H35F2N9O2/c1-31-10-14(11-31)28-21(34)12-2-4-32(5-3-12)18-15(24)7-26-8-16(18)29-22(35)17-19(25)30-33-9-13(23)6-27-20(17)33/h12-16,18,26-27H,2-11H2,1H3,(H2,25,30)(H,28,34)(H,29,35). The Labute approximate surface area is 203 Å². The molecule has 35 heavy (non-hydrogen) atoms. The molecule has 0 bridgehead atoms. The van der Waals surface area contributed by atoms with E-state index in [-0.39, 0.29) is 48.9 Å². The summed E-state index contributed by atoms with van der Waals surface area (Å²) in [6.45, 7) is 3.65. The molecule has 5 rings (SSSR count). The van der Waals surface area contributed by atoms with Crippen molar-refractivity contribution in [3.05, 3.63) is 5.56 Å². The Morgan fingerprint density at radius 3 is 2.54 bits per heavy atom. The van der Waals surface area contributed by atoms with Gasteiger partial charge in [-0.1, -0.05) is 0 Å². The first-order chi connectivity index (χ1) is 16.8. The summed E-state index contributed by atoms with van der Waals surface area (Å²) in [6.07, 6.45) is -0.973. The molecule has 11 nitrogen and oxygen atoms in total. The summed E-state index contributed by atoms with van der Waals surface area (Å²) >= 11 is 0. The number of nitrogen functional groups attached to an aromatic ring is 1. The molecule has 1 aromatic rings. The van der Waals surface area contributed by atoms with Gasteiger partial charge in [0.25, 0.3) is 5.91 Å². The fourth-order valence-corrected chi connectivity index (χ4v) is 5.78. The van der Waals surface area contributed by atoms with Crippen LogP contribution in [0.5, 0.6) is 0 Å². The number of nitrogens with zero attached hydrogens (tertiary/aromatic N) is 4. The summed E-state index contributed by atoms with van der Waals surface area (Å²) in [4.78, 5) is 30.0. The number of nitrogens with two attached hydrogens (primary N) is 1. The van der Waals surface area contributed by atoms with Crippen molar-refractivity contribution in [1.29, 1.82) is 0 Å². The second-order valence-corrected chi connectivity index (χ2v) is 10.3. The van der Waals surface area contributed by atoms with Gasteiger partial charge in [0.2, 0.25) is 5.91 Å². The number of likely N-dealkylation sites (N-methyl/N-ethyl adjacent to an activating group) is 1. The first kappa shape index (κ1) is 24.2. The summed E-state index contributed by atoms with van der Waals surface area (Å²) in [5.74, 6) is -0.0521. The normalized spacial score (nSPS) is 30.7. The van der Waals surface area contributed by atoms with Gasteiger partial charge in [-0.05, 0) is 33.0 Å². The van der Waals surface area contributed by atoms with Gasteiger partial charge < -0.3 is 31.9 Å². The van der Waals surface area contributed by atoms with Crippen LogP contribution in [0.4, 0.5) is 20.4 Å². The Bertz CT molecular complexity index is 946. The largest absolute Gasteiger partial charge is 0.381 e. The van der Waals surface area contributed by atoms with Gasteiger partial charge in [-0.2, -0.15) is 5.10 Å². The van der Waals surface area contributed by atoms with Gasteiger partial charge in [-0.3, -0.25) is 14.5 Å². The van der Waals surface area contributed by atoms with E-state index in [1.807, 2.05) is 7.05 Å². The molecule has 0 radical (unpaired) electrons. The SMILES string of the molecule is CN1CC(NC(=O)C2CCN(C3C(F)CNCC3NC(=O)c3c(N)nn4c3NCC(F)C4)CC2)C1. The van der Waals surface area contributed by atoms with Crippen LogP contribution in [0.2, 0.25) is 0 Å². The van der Waals surface area contributed by atoms with Crippen LogP contribution < -0.4 is 27.0 Å². The molecule has 5 heterocycles. The van der Waals surface area contributed by atoms with Crippen molar-refractivity contribution < 1.29 is 18.4 Å². The zero-order valence-corrected chi connectivity index (χ0v) is 20.0. The van der Waals surface area contributed by atoms with Gasteiger partial charge in [-0.15, -0.1) is 0 Å². The highest BCUT2D eigenvalue weighted by molar-refractivity contribution is 6.03. The van der Waals surface area contributed by atoms with Crippen molar-refractivity contribution in [2.45, 2.75) is 49.9 Å². The van der Waals surface area contributed by atoms with Gasteiger partial charge in [0, 0.05) is 38.6 Å². The molecule has 0 saturated carbocycles. The predicted octanol–water partition coefficient (Wildman–Crippen LogP) is -1.22. The molecule has 194 valence electrons. The third kappa shape index (κ3) is 4.94. The number of likely N-dealkylation sites (tertiary alicyclic amines) is 2. The average Bonchev–Trinajstić information content (AvgIpc) is 3.13. The zero-order valence-electron chi connectivity index (χ0n) is 20.0. The van der Waals surface area contributed by atoms with Crippen molar-refractivity contribution in [2.24, 2.45) is 5.92 Å². The lowest BCUT2D eigenvalue weighted by molar-refractivity contribution is -0.128. The molecule has 4 atom stereocenters. The lowest BCUT2D eigenvalue weighted by Crippen LogP contribution is -2.66. The van der Waals surface area contributed by atoms with Crippen LogP contribution in [0.15, 0.2) is 0 Å². The molecule has 3 fully saturated rings. The third-order valence-corrected chi connectivity index (χ3v) is 7.60. The second-order valence-electron chi connectivity index (χ2n) is 10.3. The van der Waals surface area contributed by atoms with Crippen molar-refractivity contribution in [3.8, 4) is 0 Å². The minimum Gasteiger partial charge on any atom is -0.381 e. The van der Waals surface area contributed by atoms with Gasteiger partial charge >= 0.3 is 0 Å². The monoisotopic (exact) mass is 495 g/mol. The van der Waals surface area contributed by atoms with E-state index < -0.39 is 30.3 Å². The topological polar surface area (TPSA) is 133 Å². The van der Waals surface area contributed by atoms with Crippen LogP contribution in [0, 0.1) is 5.92 Å². The Morgan fingerprint density at radius 1 is 1.09 bits per heavy atom. The van der Waals surface area contributed by atoms with E-state index in [1.165, 1.54) is 4.68 Å². The lowest BCUT2D eigenvalue weighted by atomic mass is 9.90. The number of fused-ring (bicyclic) bond motifs is 1. The van der Waals surface area contributed by atoms with Crippen LogP contribution in [0.3, 0.4) is 0 Å². The molecule has 13 heteroatoms. The van der Waals surface area contributed by atoms with Crippen molar-refractivity contribution in [3.63, 3.8) is 0 Å². The molecule has 0 aliphatic carbocycles. The lowest BCUT2D eigenvalue weighted by Gasteiger charge is -2.45. The maximum Gasteiger partial charge on any atom is 0.259 e. The number of carbonyl (C=O) groups excluding carboxylic acids is 2. The maximum absolute atomic E-state index is 15.2. The minimum atomic E-state index is -1.17. The Kier molecular flexibility index (Phi) is 6.82. The zero-order chi connectivity index (χ0) is 24.7. The molecule has 4 aliphatic heterocycles. The highest BCUT2D eigenvalue weighted by Crippen LogP contribution is 2.28. The first-order valence-electron chi connectivity index (χ1n) is 12.4. The Morgan fingerprint density at radius 2 is 1.83 bits per heavy atom. The highest BCUT2D eigenvalue weighted by atomic mass is 19.1. The summed E-state index contributed by atoms with van der Waals surface area (Å²) < 4.78 is 30.2. The minimum absolute atomic E-state index is 0.0145. The molecular weight excluding hydrogens is 460 g/mol. The van der Waals surface area contributed by atoms with E-state index in [2.05, 4.69) is 36.2 Å². The van der Waals surface area contributed by atoms with Gasteiger partial charge in [0.15, 0.2) is 5.82 Å². The van der Waals surface area contributed by atoms with Gasteiger partial charge in [0.05, 0.1) is 24.7 Å². The number of halogens is 2. The van der Waals surface area contributed by atoms with Crippen LogP contribution >= 0.6 is 0 Å². The van der Waals surface area contributed by atoms with Crippen LogP contribution in [0.1, 0.15) is 23.2 Å². The third-order valence-electron chi connectivity index (χ3n) is 7.60. The van der Waals surface area contributed by atoms with Crippen molar-refractivity contribution in [2.75, 3.05) is 63.9 Å². The second kappa shape index (κ2) is 9.86. The molecule has 4 unspecified atom stereocenters. The van der Waals surface area contributed by atoms with E-state index in [0.717, 1.165) is 13.1 Å². The Hall–Kier alpha value is -2.51. The number of carbonyl (C=O) groups is 2. The average molecular weight is 496 g/mol. The predicted molar refractivity (Wildman–Crippen MR) is 127 cm³/mol. The molecule has 0 aromatic carbocycles. The number of hydrogen-bond donors (Lipinski definition) is 5. The van der Waals surface area contributed by atoms with E-state index in [1.54, 1.807) is 0 Å². The molecule has 1 aromatic heterocycles. The molecule has 0 spiro atoms. The van der Waals surface area contributed by atoms with E-state index >= 15 is 4.39 Å². The van der Waals surface area contributed by atoms with Crippen molar-refractivity contribution >= 4 is 23.5 Å². The molecule has 2 amide bonds. The molecule has 3 saturated heterocycles. The number of amides is 2. The Balaban J connectivity index is 1.22. The van der Waals surface area contributed by atoms with Crippen molar-refractivity contribution in [1.82, 2.24) is 35.5 Å². The smallest absolute Gasteiger partial charge is 0.259 e. The highest BCUT2D eigenvalue weighted by Gasteiger charge is 2.41. The number of alkyl halides is 2. The summed E-state index contributed by atoms with van der Waals surface area (Å²) in [5, 5.41) is 16.1. The summed E-state index contributed by atoms with van der Waals surface area (Å²) in [7, 11) is 2.02. The van der Waals surface area contributed by atoms with E-state index in [4.69, 9.17) is 5.73 Å². The number of piperidine rings is 2. The van der Waals surface area contributed by atoms with Gasteiger partial charge in [-0.25, -0.2) is 13.5 Å². The number of hydrogen-bond acceptors (Lipinski definition) is 8. The van der Waals surface area contributed by atoms with E-state index in [0.29, 0.717) is 38.3 Å². The number of anilines is 2. The van der Waals surface area contributed by atoms with Gasteiger partial charge in [0.1, 0.15) is 23.7 Å². The quantitative estimate of drug-likeness (QED) is 0.344. The molecule has 6 N–H and O–H groups in total. The van der Waals surface area contributed by atoms with Crippen LogP contribution in [-0.4, -0.2) is 115 Å². The fraction of sp³-hybridized carbons (Fsp3) is 0.773. The number of nitrogens with one attached hydrogen (secondary N) is 4. The van der Waals surface area contributed by atoms with Crippen LogP contribution in [-0.2, 0) is 11.3 Å². The summed E-state index contributed by atoms with van der Waals surface area (Å²) in [5.41, 5.74) is 6.14. The molecule has 4 aliphatic rings. The first-order valence-corrected chi connectivity index (χ1v) is 12.4. The summed E-state index contributed by atoms with van der Waals surface area (Å²) in [6, 6.07) is -0.785. The fourth-order valence-electron chi connectivity index (χ4n) is 5.78. The maximum atomic E-state index is 15.2. The number of aromatic nitrogens is 2. The molecular formula is C22H35F2N9O2. The van der Waals surface area contributed by atoms with Crippen LogP contribution in [0.25, 0.3) is 0 Å².